The molecular formula is C64H70N10. The summed E-state index contributed by atoms with van der Waals surface area (Å²) >= 11 is 0. The highest BCUT2D eigenvalue weighted by Gasteiger charge is 2.16. The molecule has 0 unspecified atom stereocenters. The lowest BCUT2D eigenvalue weighted by atomic mass is 9.87. The summed E-state index contributed by atoms with van der Waals surface area (Å²) in [7, 11) is 0. The van der Waals surface area contributed by atoms with Crippen LogP contribution in [0.5, 0.6) is 0 Å². The molecule has 6 aromatic rings. The third-order valence-corrected chi connectivity index (χ3v) is 11.8. The summed E-state index contributed by atoms with van der Waals surface area (Å²) in [6.07, 6.45) is 15.8. The summed E-state index contributed by atoms with van der Waals surface area (Å²) in [5.41, 5.74) is 15.6. The van der Waals surface area contributed by atoms with E-state index in [0.717, 1.165) is 68.3 Å². The van der Waals surface area contributed by atoms with Gasteiger partial charge in [-0.1, -0.05) is 65.8 Å². The zero-order valence-electron chi connectivity index (χ0n) is 45.0. The van der Waals surface area contributed by atoms with Crippen molar-refractivity contribution >= 4 is 91.1 Å². The van der Waals surface area contributed by atoms with E-state index in [1.165, 1.54) is 11.1 Å². The van der Waals surface area contributed by atoms with Crippen molar-refractivity contribution in [1.82, 2.24) is 0 Å². The highest BCUT2D eigenvalue weighted by Crippen LogP contribution is 2.39. The first-order valence-corrected chi connectivity index (χ1v) is 25.3. The van der Waals surface area contributed by atoms with E-state index in [-0.39, 0.29) is 21.9 Å². The Hall–Kier alpha value is -8.24. The largest absolute Gasteiger partial charge is 0.380 e. The molecule has 0 heterocycles. The second-order valence-electron chi connectivity index (χ2n) is 22.8. The third kappa shape index (κ3) is 15.1. The average molecular weight is 979 g/mol. The van der Waals surface area contributed by atoms with Gasteiger partial charge < -0.3 is 21.3 Å². The molecule has 0 aromatic heterocycles. The van der Waals surface area contributed by atoms with Gasteiger partial charge in [-0.3, -0.25) is 0 Å². The van der Waals surface area contributed by atoms with Crippen molar-refractivity contribution in [3.05, 3.63) is 193 Å². The fourth-order valence-corrected chi connectivity index (χ4v) is 7.98. The molecule has 74 heavy (non-hydrogen) atoms. The first-order chi connectivity index (χ1) is 35.0. The van der Waals surface area contributed by atoms with E-state index in [0.29, 0.717) is 22.7 Å². The Kier molecular flexibility index (Phi) is 15.4. The minimum atomic E-state index is -0.0554. The summed E-state index contributed by atoms with van der Waals surface area (Å²) in [4.78, 5) is 19.9. The molecule has 10 heteroatoms. The van der Waals surface area contributed by atoms with Gasteiger partial charge in [-0.05, 0) is 221 Å². The molecule has 0 atom stereocenters. The maximum atomic E-state index is 5.10. The Morgan fingerprint density at radius 3 is 0.865 bits per heavy atom. The molecule has 2 aliphatic carbocycles. The normalized spacial score (nSPS) is 13.8. The molecule has 0 bridgehead atoms. The Balaban J connectivity index is 1.12. The first kappa shape index (κ1) is 52.1. The van der Waals surface area contributed by atoms with E-state index >= 15 is 0 Å². The monoisotopic (exact) mass is 979 g/mol. The maximum absolute atomic E-state index is 5.10. The van der Waals surface area contributed by atoms with Gasteiger partial charge >= 0.3 is 0 Å². The van der Waals surface area contributed by atoms with Crippen LogP contribution in [0.15, 0.2) is 212 Å². The van der Waals surface area contributed by atoms with Gasteiger partial charge in [-0.15, -0.1) is 10.2 Å². The fourth-order valence-electron chi connectivity index (χ4n) is 7.98. The van der Waals surface area contributed by atoms with Crippen molar-refractivity contribution in [3.8, 4) is 0 Å². The summed E-state index contributed by atoms with van der Waals surface area (Å²) in [6, 6.07) is 45.3. The molecule has 8 rings (SSSR count). The standard InChI is InChI=1S/C64H70N10/c1-61(2,3)43-13-17-45(18-14-43)65-47-21-25-51(26-22-47)69-57-39-37-55(67-49-29-33-53(34-30-49)71-63(7,8)9)41-59(57)73-74-60-42-56(68-50-31-35-54(36-32-50)72-64(10,11)12)38-40-58(60)70-52-27-23-48(24-28-52)66-46-19-15-44(16-20-46)62(4,5)6/h13-42,67-68,71-72H,1-12H3/b65-47?,66-48?,69-51?,70-52?,74-73+. The number of nitrogens with one attached hydrogen (secondary N) is 4. The second kappa shape index (κ2) is 21.9. The number of anilines is 6. The molecular weight excluding hydrogens is 909 g/mol. The molecule has 10 nitrogen and oxygen atoms in total. The topological polar surface area (TPSA) is 122 Å². The van der Waals surface area contributed by atoms with Gasteiger partial charge in [0.2, 0.25) is 0 Å². The van der Waals surface area contributed by atoms with E-state index in [2.05, 4.69) is 201 Å². The van der Waals surface area contributed by atoms with Gasteiger partial charge in [0.15, 0.2) is 0 Å². The van der Waals surface area contributed by atoms with E-state index in [1.807, 2.05) is 85.0 Å². The molecule has 0 saturated heterocycles. The molecule has 4 N–H and O–H groups in total. The van der Waals surface area contributed by atoms with E-state index in [1.54, 1.807) is 0 Å². The first-order valence-electron chi connectivity index (χ1n) is 25.3. The molecule has 0 spiro atoms. The van der Waals surface area contributed by atoms with Crippen LogP contribution >= 0.6 is 0 Å². The van der Waals surface area contributed by atoms with Gasteiger partial charge in [0.1, 0.15) is 11.4 Å². The zero-order valence-corrected chi connectivity index (χ0v) is 45.0. The number of allylic oxidation sites excluding steroid dienone is 8. The predicted octanol–water partition coefficient (Wildman–Crippen LogP) is 18.5. The molecule has 0 fully saturated rings. The Bertz CT molecular complexity index is 2990. The number of hydrogen-bond acceptors (Lipinski definition) is 10. The number of azo groups is 1. The van der Waals surface area contributed by atoms with Crippen molar-refractivity contribution in [2.75, 3.05) is 21.3 Å². The lowest BCUT2D eigenvalue weighted by Gasteiger charge is -2.22. The van der Waals surface area contributed by atoms with E-state index < -0.39 is 0 Å². The van der Waals surface area contributed by atoms with Gasteiger partial charge in [0, 0.05) is 45.2 Å². The smallest absolute Gasteiger partial charge is 0.113 e. The number of nitrogens with zero attached hydrogens (tertiary/aromatic N) is 6. The minimum Gasteiger partial charge on any atom is -0.380 e. The molecule has 0 amide bonds. The Morgan fingerprint density at radius 2 is 0.568 bits per heavy atom. The lowest BCUT2D eigenvalue weighted by molar-refractivity contribution is 0.590. The number of hydrogen-bond donors (Lipinski definition) is 4. The van der Waals surface area contributed by atoms with Crippen LogP contribution in [0.2, 0.25) is 0 Å². The molecule has 376 valence electrons. The minimum absolute atomic E-state index is 0.0554. The summed E-state index contributed by atoms with van der Waals surface area (Å²) in [5.74, 6) is 0. The number of aliphatic imine (C=N–C) groups is 4. The second-order valence-corrected chi connectivity index (χ2v) is 22.8. The van der Waals surface area contributed by atoms with Crippen LogP contribution in [0, 0.1) is 0 Å². The van der Waals surface area contributed by atoms with Gasteiger partial charge in [-0.25, -0.2) is 20.0 Å². The predicted molar refractivity (Wildman–Crippen MR) is 318 cm³/mol. The summed E-state index contributed by atoms with van der Waals surface area (Å²) in [5, 5.41) is 24.1. The van der Waals surface area contributed by atoms with Crippen LogP contribution < -0.4 is 21.3 Å². The van der Waals surface area contributed by atoms with Crippen molar-refractivity contribution in [2.45, 2.75) is 105 Å². The molecule has 6 aromatic carbocycles. The van der Waals surface area contributed by atoms with E-state index in [4.69, 9.17) is 30.2 Å². The maximum Gasteiger partial charge on any atom is 0.113 e. The van der Waals surface area contributed by atoms with Crippen molar-refractivity contribution in [3.63, 3.8) is 0 Å². The van der Waals surface area contributed by atoms with Crippen LogP contribution in [0.3, 0.4) is 0 Å². The van der Waals surface area contributed by atoms with Crippen molar-refractivity contribution < 1.29 is 0 Å². The quantitative estimate of drug-likeness (QED) is 0.0720. The Labute approximate surface area is 438 Å². The average Bonchev–Trinajstić information content (AvgIpc) is 3.33. The summed E-state index contributed by atoms with van der Waals surface area (Å²) < 4.78 is 0. The van der Waals surface area contributed by atoms with Gasteiger partial charge in [0.05, 0.1) is 45.6 Å². The fraction of sp³-hybridized carbons (Fsp3) is 0.250. The van der Waals surface area contributed by atoms with Gasteiger partial charge in [-0.2, -0.15) is 0 Å². The van der Waals surface area contributed by atoms with Crippen molar-refractivity contribution in [2.24, 2.45) is 30.2 Å². The lowest BCUT2D eigenvalue weighted by Crippen LogP contribution is -2.25. The molecule has 0 saturated carbocycles. The van der Waals surface area contributed by atoms with Crippen LogP contribution in [-0.2, 0) is 10.8 Å². The summed E-state index contributed by atoms with van der Waals surface area (Å²) in [6.45, 7) is 26.2. The van der Waals surface area contributed by atoms with Crippen LogP contribution in [0.4, 0.5) is 68.2 Å². The Morgan fingerprint density at radius 1 is 0.284 bits per heavy atom. The molecule has 2 aliphatic rings. The van der Waals surface area contributed by atoms with E-state index in [9.17, 15) is 0 Å². The van der Waals surface area contributed by atoms with Gasteiger partial charge in [0.25, 0.3) is 0 Å². The molecule has 0 aliphatic heterocycles. The number of benzene rings is 6. The van der Waals surface area contributed by atoms with Crippen molar-refractivity contribution in [1.29, 1.82) is 0 Å². The highest BCUT2D eigenvalue weighted by molar-refractivity contribution is 6.20. The van der Waals surface area contributed by atoms with Crippen LogP contribution in [-0.4, -0.2) is 33.9 Å². The zero-order chi connectivity index (χ0) is 52.7. The number of rotatable bonds is 12. The molecule has 0 radical (unpaired) electrons. The third-order valence-electron chi connectivity index (χ3n) is 11.8. The SMILES string of the molecule is CC(C)(C)Nc1ccc(Nc2ccc(N=C3C=CC(=Nc4ccc(C(C)(C)C)cc4)C=C3)c(/N=N/c3cc(Nc4ccc(NC(C)(C)C)cc4)ccc3N=C3C=CC(=Nc4ccc(C(C)(C)C)cc4)C=C3)c2)cc1. The van der Waals surface area contributed by atoms with Crippen LogP contribution in [0.1, 0.15) is 94.2 Å². The highest BCUT2D eigenvalue weighted by atomic mass is 15.1. The van der Waals surface area contributed by atoms with Crippen LogP contribution in [0.25, 0.3) is 0 Å².